The Hall–Kier alpha value is -4.35. The smallest absolute Gasteiger partial charge is 0.253 e. The van der Waals surface area contributed by atoms with Gasteiger partial charge in [0.25, 0.3) is 5.91 Å². The molecular weight excluding hydrogens is 462 g/mol. The average molecular weight is 486 g/mol. The molecule has 0 atom stereocenters. The quantitative estimate of drug-likeness (QED) is 0.293. The Morgan fingerprint density at radius 1 is 1.06 bits per heavy atom. The van der Waals surface area contributed by atoms with E-state index in [1.54, 1.807) is 36.3 Å². The number of carbonyl (C=O) groups excluding carboxylic acids is 1. The number of amides is 1. The van der Waals surface area contributed by atoms with E-state index in [0.29, 0.717) is 23.2 Å². The van der Waals surface area contributed by atoms with E-state index in [2.05, 4.69) is 0 Å². The number of nitriles is 1. The van der Waals surface area contributed by atoms with Crippen LogP contribution in [0.1, 0.15) is 11.1 Å². The third-order valence-electron chi connectivity index (χ3n) is 5.16. The van der Waals surface area contributed by atoms with E-state index in [9.17, 15) is 4.79 Å². The molecule has 4 aromatic rings. The molecule has 0 aliphatic rings. The summed E-state index contributed by atoms with van der Waals surface area (Å²) >= 11 is 1.44. The van der Waals surface area contributed by atoms with Crippen molar-refractivity contribution >= 4 is 38.7 Å². The van der Waals surface area contributed by atoms with Crippen molar-refractivity contribution in [2.24, 2.45) is 0 Å². The standard InChI is InChI=1S/C27H23N3O4S/c1-32-21-10-11-22-25(17-21)35-27(29-22)30(18-20-6-4-3-5-7-20)26(31)13-9-19-8-12-23(34-15-14-28)24(16-19)33-2/h3-13,16-17H,15,18H2,1-2H3/b13-9+. The number of benzene rings is 3. The lowest BCUT2D eigenvalue weighted by Crippen LogP contribution is -2.28. The Kier molecular flexibility index (Phi) is 7.60. The molecule has 176 valence electrons. The summed E-state index contributed by atoms with van der Waals surface area (Å²) in [5, 5.41) is 9.34. The van der Waals surface area contributed by atoms with E-state index in [4.69, 9.17) is 24.5 Å². The third-order valence-corrected chi connectivity index (χ3v) is 6.20. The highest BCUT2D eigenvalue weighted by atomic mass is 32.1. The fourth-order valence-corrected chi connectivity index (χ4v) is 4.41. The van der Waals surface area contributed by atoms with Gasteiger partial charge in [0.2, 0.25) is 0 Å². The van der Waals surface area contributed by atoms with Crippen LogP contribution in [0, 0.1) is 11.3 Å². The van der Waals surface area contributed by atoms with Crippen molar-refractivity contribution in [1.29, 1.82) is 5.26 Å². The number of anilines is 1. The van der Waals surface area contributed by atoms with Crippen LogP contribution in [-0.4, -0.2) is 31.7 Å². The minimum absolute atomic E-state index is 0.0769. The topological polar surface area (TPSA) is 84.7 Å². The SMILES string of the molecule is COc1ccc2nc(N(Cc3ccccc3)C(=O)/C=C/c3ccc(OCC#N)c(OC)c3)sc2c1. The maximum Gasteiger partial charge on any atom is 0.253 e. The summed E-state index contributed by atoms with van der Waals surface area (Å²) in [5.74, 6) is 1.48. The molecule has 4 rings (SSSR count). The van der Waals surface area contributed by atoms with E-state index < -0.39 is 0 Å². The first-order valence-corrected chi connectivity index (χ1v) is 11.6. The number of hydrogen-bond acceptors (Lipinski definition) is 7. The van der Waals surface area contributed by atoms with Gasteiger partial charge in [-0.1, -0.05) is 47.7 Å². The largest absolute Gasteiger partial charge is 0.497 e. The summed E-state index contributed by atoms with van der Waals surface area (Å²) in [6, 6.07) is 22.6. The van der Waals surface area contributed by atoms with Gasteiger partial charge in [0.1, 0.15) is 11.8 Å². The first-order chi connectivity index (χ1) is 17.1. The molecule has 0 unspecified atom stereocenters. The van der Waals surface area contributed by atoms with Gasteiger partial charge < -0.3 is 14.2 Å². The summed E-state index contributed by atoms with van der Waals surface area (Å²) in [6.45, 7) is 0.303. The second kappa shape index (κ2) is 11.2. The van der Waals surface area contributed by atoms with Crippen LogP contribution in [0.4, 0.5) is 5.13 Å². The van der Waals surface area contributed by atoms with Crippen LogP contribution in [0.2, 0.25) is 0 Å². The lowest BCUT2D eigenvalue weighted by Gasteiger charge is -2.18. The van der Waals surface area contributed by atoms with Crippen molar-refractivity contribution in [3.8, 4) is 23.3 Å². The zero-order valence-corrected chi connectivity index (χ0v) is 20.1. The van der Waals surface area contributed by atoms with E-state index in [1.165, 1.54) is 24.5 Å². The second-order valence-electron chi connectivity index (χ2n) is 7.43. The number of nitrogens with zero attached hydrogens (tertiary/aromatic N) is 3. The number of fused-ring (bicyclic) bond motifs is 1. The van der Waals surface area contributed by atoms with Gasteiger partial charge in [-0.05, 0) is 47.5 Å². The maximum absolute atomic E-state index is 13.4. The lowest BCUT2D eigenvalue weighted by atomic mass is 10.1. The molecule has 1 heterocycles. The summed E-state index contributed by atoms with van der Waals surface area (Å²) in [4.78, 5) is 19.7. The van der Waals surface area contributed by atoms with Gasteiger partial charge in [-0.15, -0.1) is 0 Å². The van der Waals surface area contributed by atoms with Gasteiger partial charge in [0.05, 0.1) is 31.0 Å². The lowest BCUT2D eigenvalue weighted by molar-refractivity contribution is -0.114. The number of methoxy groups -OCH3 is 2. The predicted octanol–water partition coefficient (Wildman–Crippen LogP) is 5.46. The van der Waals surface area contributed by atoms with Crippen LogP contribution in [0.3, 0.4) is 0 Å². The Balaban J connectivity index is 1.63. The van der Waals surface area contributed by atoms with Gasteiger partial charge in [0, 0.05) is 6.08 Å². The van der Waals surface area contributed by atoms with Crippen LogP contribution in [-0.2, 0) is 11.3 Å². The van der Waals surface area contributed by atoms with Gasteiger partial charge in [-0.25, -0.2) is 4.98 Å². The molecule has 0 bridgehead atoms. The van der Waals surface area contributed by atoms with Crippen LogP contribution in [0.15, 0.2) is 72.8 Å². The predicted molar refractivity (Wildman–Crippen MR) is 137 cm³/mol. The second-order valence-corrected chi connectivity index (χ2v) is 8.44. The monoisotopic (exact) mass is 485 g/mol. The molecule has 0 saturated carbocycles. The van der Waals surface area contributed by atoms with Gasteiger partial charge >= 0.3 is 0 Å². The van der Waals surface area contributed by atoms with Gasteiger partial charge in [-0.2, -0.15) is 5.26 Å². The molecule has 0 radical (unpaired) electrons. The van der Waals surface area contributed by atoms with Crippen LogP contribution < -0.4 is 19.1 Å². The Bertz CT molecular complexity index is 1390. The Morgan fingerprint density at radius 3 is 2.63 bits per heavy atom. The molecule has 0 aliphatic carbocycles. The van der Waals surface area contributed by atoms with Crippen molar-refractivity contribution in [2.45, 2.75) is 6.54 Å². The van der Waals surface area contributed by atoms with Crippen LogP contribution in [0.5, 0.6) is 17.2 Å². The van der Waals surface area contributed by atoms with Crippen molar-refractivity contribution < 1.29 is 19.0 Å². The molecule has 8 heteroatoms. The van der Waals surface area contributed by atoms with Crippen molar-refractivity contribution in [1.82, 2.24) is 4.98 Å². The molecule has 1 amide bonds. The zero-order valence-electron chi connectivity index (χ0n) is 19.3. The molecule has 0 fully saturated rings. The van der Waals surface area contributed by atoms with Crippen molar-refractivity contribution in [3.63, 3.8) is 0 Å². The minimum Gasteiger partial charge on any atom is -0.497 e. The molecule has 1 aromatic heterocycles. The van der Waals surface area contributed by atoms with Crippen molar-refractivity contribution in [2.75, 3.05) is 25.7 Å². The number of aromatic nitrogens is 1. The summed E-state index contributed by atoms with van der Waals surface area (Å²) in [5.41, 5.74) is 2.55. The van der Waals surface area contributed by atoms with E-state index in [1.807, 2.05) is 54.6 Å². The fraction of sp³-hybridized carbons (Fsp3) is 0.148. The van der Waals surface area contributed by atoms with Crippen molar-refractivity contribution in [3.05, 3.63) is 83.9 Å². The molecule has 3 aromatic carbocycles. The maximum atomic E-state index is 13.4. The normalized spacial score (nSPS) is 10.8. The van der Waals surface area contributed by atoms with Gasteiger partial charge in [0.15, 0.2) is 23.2 Å². The number of rotatable bonds is 9. The molecule has 35 heavy (non-hydrogen) atoms. The van der Waals surface area contributed by atoms with Crippen LogP contribution >= 0.6 is 11.3 Å². The third kappa shape index (κ3) is 5.78. The first kappa shape index (κ1) is 23.8. The number of ether oxygens (including phenoxy) is 3. The zero-order chi connectivity index (χ0) is 24.6. The summed E-state index contributed by atoms with van der Waals surface area (Å²) in [6.07, 6.45) is 3.23. The molecule has 7 nitrogen and oxygen atoms in total. The first-order valence-electron chi connectivity index (χ1n) is 10.8. The Labute approximate surface area is 207 Å². The van der Waals surface area contributed by atoms with E-state index in [0.717, 1.165) is 27.1 Å². The highest BCUT2D eigenvalue weighted by molar-refractivity contribution is 7.22. The number of thiazole rings is 1. The van der Waals surface area contributed by atoms with Crippen LogP contribution in [0.25, 0.3) is 16.3 Å². The summed E-state index contributed by atoms with van der Waals surface area (Å²) < 4.78 is 17.0. The van der Waals surface area contributed by atoms with Gasteiger partial charge in [-0.3, -0.25) is 9.69 Å². The molecule has 0 aliphatic heterocycles. The highest BCUT2D eigenvalue weighted by Crippen LogP contribution is 2.33. The number of hydrogen-bond donors (Lipinski definition) is 0. The summed E-state index contributed by atoms with van der Waals surface area (Å²) in [7, 11) is 3.15. The molecular formula is C27H23N3O4S. The average Bonchev–Trinajstić information content (AvgIpc) is 3.32. The molecule has 0 N–H and O–H groups in total. The fourth-order valence-electron chi connectivity index (χ4n) is 3.42. The molecule has 0 spiro atoms. The number of carbonyl (C=O) groups is 1. The minimum atomic E-state index is -0.205. The van der Waals surface area contributed by atoms with E-state index >= 15 is 0 Å². The highest BCUT2D eigenvalue weighted by Gasteiger charge is 2.19. The Morgan fingerprint density at radius 2 is 1.89 bits per heavy atom. The van der Waals surface area contributed by atoms with E-state index in [-0.39, 0.29) is 12.5 Å². The molecule has 0 saturated heterocycles.